The van der Waals surface area contributed by atoms with Crippen molar-refractivity contribution in [1.82, 2.24) is 0 Å². The van der Waals surface area contributed by atoms with Crippen molar-refractivity contribution in [2.24, 2.45) is 46.3 Å². The van der Waals surface area contributed by atoms with Gasteiger partial charge in [-0.1, -0.05) is 46.3 Å². The largest absolute Gasteiger partial charge is 0.455 e. The lowest BCUT2D eigenvalue weighted by atomic mass is 9.45. The Kier molecular flexibility index (Phi) is 7.59. The van der Waals surface area contributed by atoms with Gasteiger partial charge in [0.1, 0.15) is 6.61 Å². The molecule has 0 aromatic rings. The predicted molar refractivity (Wildman–Crippen MR) is 137 cm³/mol. The van der Waals surface area contributed by atoms with Gasteiger partial charge in [0, 0.05) is 23.7 Å². The highest BCUT2D eigenvalue weighted by molar-refractivity contribution is 6.01. The Morgan fingerprint density at radius 3 is 2.54 bits per heavy atom. The molecule has 9 atom stereocenters. The van der Waals surface area contributed by atoms with E-state index in [1.807, 2.05) is 19.9 Å². The molecular formula is C30H42O7. The number of carbonyl (C=O) groups excluding carboxylic acids is 4. The molecule has 0 aromatic heterocycles. The maximum absolute atomic E-state index is 13.3. The number of esters is 2. The molecule has 4 aliphatic rings. The van der Waals surface area contributed by atoms with Crippen molar-refractivity contribution in [3.63, 3.8) is 0 Å². The molecule has 4 rings (SSSR count). The van der Waals surface area contributed by atoms with Gasteiger partial charge in [-0.3, -0.25) is 14.4 Å². The van der Waals surface area contributed by atoms with Gasteiger partial charge in [-0.05, 0) is 73.8 Å². The van der Waals surface area contributed by atoms with Gasteiger partial charge < -0.3 is 14.6 Å². The third kappa shape index (κ3) is 4.96. The summed E-state index contributed by atoms with van der Waals surface area (Å²) in [6, 6.07) is 0. The lowest BCUT2D eigenvalue weighted by molar-refractivity contribution is -0.169. The van der Waals surface area contributed by atoms with Crippen molar-refractivity contribution < 1.29 is 33.8 Å². The van der Waals surface area contributed by atoms with E-state index in [0.717, 1.165) is 18.4 Å². The molecule has 0 spiro atoms. The van der Waals surface area contributed by atoms with Crippen LogP contribution in [-0.4, -0.2) is 47.4 Å². The van der Waals surface area contributed by atoms with Crippen molar-refractivity contribution in [2.75, 3.05) is 6.61 Å². The Bertz CT molecular complexity index is 1020. The molecule has 4 aliphatic carbocycles. The van der Waals surface area contributed by atoms with Gasteiger partial charge in [-0.15, -0.1) is 0 Å². The smallest absolute Gasteiger partial charge is 0.347 e. The van der Waals surface area contributed by atoms with E-state index in [1.165, 1.54) is 6.92 Å². The van der Waals surface area contributed by atoms with Crippen molar-refractivity contribution in [1.29, 1.82) is 0 Å². The summed E-state index contributed by atoms with van der Waals surface area (Å²) in [6.07, 6.45) is 6.93. The fraction of sp³-hybridized carbons (Fsp3) is 0.733. The summed E-state index contributed by atoms with van der Waals surface area (Å²) >= 11 is 0. The van der Waals surface area contributed by atoms with Crippen LogP contribution < -0.4 is 0 Å². The monoisotopic (exact) mass is 514 g/mol. The summed E-state index contributed by atoms with van der Waals surface area (Å²) in [5, 5.41) is 11.5. The standard InChI is InChI=1S/C30H42O7/c1-16(2)11-26(34)37-18(4)28(35)36-15-25(33)22-8-7-21-20-12-17(3)23-13-19(31)9-10-29(23,5)27(20)24(32)14-30(21,22)6/h9-10,13,16-18,20-22,24,27,32H,7-8,11-12,14-15H2,1-6H3/t17-,18?,20-,21-,22+,24-,27+,29-,30-/m0/s1. The summed E-state index contributed by atoms with van der Waals surface area (Å²) < 4.78 is 10.4. The summed E-state index contributed by atoms with van der Waals surface area (Å²) in [6.45, 7) is 11.3. The number of ketones is 2. The molecule has 3 saturated carbocycles. The molecule has 1 unspecified atom stereocenters. The van der Waals surface area contributed by atoms with Crippen molar-refractivity contribution in [3.8, 4) is 0 Å². The molecule has 0 aliphatic heterocycles. The van der Waals surface area contributed by atoms with Crippen molar-refractivity contribution >= 4 is 23.5 Å². The number of rotatable bonds is 7. The van der Waals surface area contributed by atoms with Crippen LogP contribution in [0.15, 0.2) is 23.8 Å². The molecule has 0 radical (unpaired) electrons. The summed E-state index contributed by atoms with van der Waals surface area (Å²) in [5.74, 6) is -0.750. The SMILES string of the molecule is CC(C)CC(=O)OC(C)C(=O)OCC(=O)[C@H]1CC[C@H]2[C@@H]3C[C@H](C)C4=CC(=O)C=C[C@]4(C)[C@H]3[C@@H](O)C[C@]12C. The van der Waals surface area contributed by atoms with E-state index >= 15 is 0 Å². The Hall–Kier alpha value is -2.28. The van der Waals surface area contributed by atoms with E-state index < -0.39 is 24.1 Å². The van der Waals surface area contributed by atoms with Crippen LogP contribution in [0.1, 0.15) is 73.6 Å². The molecule has 3 fully saturated rings. The van der Waals surface area contributed by atoms with Crippen LogP contribution in [0.25, 0.3) is 0 Å². The summed E-state index contributed by atoms with van der Waals surface area (Å²) in [7, 11) is 0. The van der Waals surface area contributed by atoms with Gasteiger partial charge in [-0.25, -0.2) is 4.79 Å². The number of hydrogen-bond acceptors (Lipinski definition) is 7. The zero-order valence-electron chi connectivity index (χ0n) is 23.0. The zero-order chi connectivity index (χ0) is 27.3. The first-order chi connectivity index (χ1) is 17.3. The van der Waals surface area contributed by atoms with E-state index in [1.54, 1.807) is 12.2 Å². The molecule has 0 amide bonds. The second-order valence-electron chi connectivity index (χ2n) is 12.8. The molecule has 7 heteroatoms. The highest BCUT2D eigenvalue weighted by Gasteiger charge is 2.63. The van der Waals surface area contributed by atoms with E-state index in [0.29, 0.717) is 12.8 Å². The Balaban J connectivity index is 1.44. The molecule has 1 N–H and O–H groups in total. The minimum absolute atomic E-state index is 0.00503. The van der Waals surface area contributed by atoms with E-state index in [2.05, 4.69) is 20.8 Å². The molecule has 0 bridgehead atoms. The topological polar surface area (TPSA) is 107 Å². The molecule has 0 aromatic carbocycles. The molecule has 0 heterocycles. The van der Waals surface area contributed by atoms with Gasteiger partial charge in [0.25, 0.3) is 0 Å². The third-order valence-corrected chi connectivity index (χ3v) is 9.77. The van der Waals surface area contributed by atoms with Crippen LogP contribution in [-0.2, 0) is 28.7 Å². The minimum Gasteiger partial charge on any atom is -0.455 e. The lowest BCUT2D eigenvalue weighted by Crippen LogP contribution is -2.57. The quantitative estimate of drug-likeness (QED) is 0.507. The number of hydrogen-bond donors (Lipinski definition) is 1. The zero-order valence-corrected chi connectivity index (χ0v) is 23.0. The number of Topliss-reactive ketones (excluding diaryl/α,β-unsaturated/α-hetero) is 1. The van der Waals surface area contributed by atoms with E-state index in [-0.39, 0.29) is 70.9 Å². The van der Waals surface area contributed by atoms with Crippen LogP contribution in [0.3, 0.4) is 0 Å². The Morgan fingerprint density at radius 1 is 1.16 bits per heavy atom. The average Bonchev–Trinajstić information content (AvgIpc) is 3.14. The van der Waals surface area contributed by atoms with E-state index in [4.69, 9.17) is 9.47 Å². The predicted octanol–water partition coefficient (Wildman–Crippen LogP) is 4.22. The van der Waals surface area contributed by atoms with Crippen LogP contribution in [0.4, 0.5) is 0 Å². The second kappa shape index (κ2) is 10.1. The normalized spacial score (nSPS) is 39.2. The number of fused-ring (bicyclic) bond motifs is 5. The number of carbonyl (C=O) groups is 4. The minimum atomic E-state index is -1.06. The maximum Gasteiger partial charge on any atom is 0.347 e. The van der Waals surface area contributed by atoms with Gasteiger partial charge in [0.05, 0.1) is 6.10 Å². The third-order valence-electron chi connectivity index (χ3n) is 9.77. The molecule has 37 heavy (non-hydrogen) atoms. The number of ether oxygens (including phenoxy) is 2. The van der Waals surface area contributed by atoms with Crippen LogP contribution in [0, 0.1) is 46.3 Å². The lowest BCUT2D eigenvalue weighted by Gasteiger charge is -2.60. The highest BCUT2D eigenvalue weighted by atomic mass is 16.6. The molecular weight excluding hydrogens is 472 g/mol. The number of aliphatic hydroxyl groups excluding tert-OH is 1. The number of aliphatic hydroxyl groups is 1. The van der Waals surface area contributed by atoms with E-state index in [9.17, 15) is 24.3 Å². The van der Waals surface area contributed by atoms with Gasteiger partial charge in [0.2, 0.25) is 0 Å². The maximum atomic E-state index is 13.3. The Labute approximate surface area is 220 Å². The Morgan fingerprint density at radius 2 is 1.86 bits per heavy atom. The van der Waals surface area contributed by atoms with Crippen molar-refractivity contribution in [2.45, 2.75) is 85.9 Å². The fourth-order valence-electron chi connectivity index (χ4n) is 8.27. The molecule has 7 nitrogen and oxygen atoms in total. The van der Waals surface area contributed by atoms with Gasteiger partial charge in [0.15, 0.2) is 17.7 Å². The first kappa shape index (κ1) is 27.7. The second-order valence-corrected chi connectivity index (χ2v) is 12.8. The average molecular weight is 515 g/mol. The molecule has 204 valence electrons. The van der Waals surface area contributed by atoms with Crippen LogP contribution >= 0.6 is 0 Å². The van der Waals surface area contributed by atoms with Crippen LogP contribution in [0.5, 0.6) is 0 Å². The van der Waals surface area contributed by atoms with Crippen molar-refractivity contribution in [3.05, 3.63) is 23.8 Å². The van der Waals surface area contributed by atoms with Gasteiger partial charge >= 0.3 is 11.9 Å². The number of allylic oxidation sites excluding steroid dienone is 4. The first-order valence-electron chi connectivity index (χ1n) is 13.8. The summed E-state index contributed by atoms with van der Waals surface area (Å²) in [4.78, 5) is 49.7. The molecule has 0 saturated heterocycles. The van der Waals surface area contributed by atoms with Crippen LogP contribution in [0.2, 0.25) is 0 Å². The summed E-state index contributed by atoms with van der Waals surface area (Å²) in [5.41, 5.74) is 0.368. The van der Waals surface area contributed by atoms with Gasteiger partial charge in [-0.2, -0.15) is 0 Å². The first-order valence-corrected chi connectivity index (χ1v) is 13.8. The fourth-order valence-corrected chi connectivity index (χ4v) is 8.27. The highest BCUT2D eigenvalue weighted by Crippen LogP contribution is 2.66.